The predicted octanol–water partition coefficient (Wildman–Crippen LogP) is 1.55. The van der Waals surface area contributed by atoms with Crippen LogP contribution in [0.1, 0.15) is 17.5 Å². The minimum absolute atomic E-state index is 0.154. The molecule has 0 saturated heterocycles. The molecule has 2 aromatic rings. The Balaban J connectivity index is 1.71. The zero-order chi connectivity index (χ0) is 16.5. The summed E-state index contributed by atoms with van der Waals surface area (Å²) in [5.41, 5.74) is 3.97. The Bertz CT molecular complexity index is 682. The van der Waals surface area contributed by atoms with E-state index in [1.165, 1.54) is 18.3 Å². The minimum atomic E-state index is -0.495. The van der Waals surface area contributed by atoms with E-state index in [4.69, 9.17) is 5.11 Å². The maximum atomic E-state index is 11.6. The van der Waals surface area contributed by atoms with E-state index in [2.05, 4.69) is 15.8 Å². The maximum Gasteiger partial charge on any atom is 0.249 e. The van der Waals surface area contributed by atoms with E-state index in [9.17, 15) is 9.59 Å². The van der Waals surface area contributed by atoms with Gasteiger partial charge in [0.2, 0.25) is 11.8 Å². The normalized spacial score (nSPS) is 10.4. The van der Waals surface area contributed by atoms with Crippen LogP contribution in [-0.4, -0.2) is 23.1 Å². The fraction of sp³-hybridized carbons (Fsp3) is 0.118. The summed E-state index contributed by atoms with van der Waals surface area (Å²) in [7, 11) is 0. The standard InChI is InChI=1S/C17H17N3O3/c21-15-8-6-14(7-9-15)12-19-20-17(23)10-16(22)18-11-13-4-2-1-3-5-13/h1-9,12,21H,10-11H2,(H,18,22)(H,20,23)/b19-12+. The number of hydrogen-bond acceptors (Lipinski definition) is 4. The molecule has 2 amide bonds. The van der Waals surface area contributed by atoms with Crippen LogP contribution in [0.4, 0.5) is 0 Å². The first-order chi connectivity index (χ1) is 11.1. The zero-order valence-corrected chi connectivity index (χ0v) is 12.4. The Morgan fingerprint density at radius 1 is 1.00 bits per heavy atom. The van der Waals surface area contributed by atoms with Crippen molar-refractivity contribution in [3.8, 4) is 5.75 Å². The van der Waals surface area contributed by atoms with E-state index in [0.717, 1.165) is 11.1 Å². The van der Waals surface area contributed by atoms with Crippen LogP contribution in [0, 0.1) is 0 Å². The van der Waals surface area contributed by atoms with E-state index in [1.54, 1.807) is 12.1 Å². The van der Waals surface area contributed by atoms with Crippen molar-refractivity contribution in [3.05, 3.63) is 65.7 Å². The number of nitrogens with zero attached hydrogens (tertiary/aromatic N) is 1. The fourth-order valence-corrected chi connectivity index (χ4v) is 1.78. The van der Waals surface area contributed by atoms with Gasteiger partial charge in [-0.25, -0.2) is 5.43 Å². The van der Waals surface area contributed by atoms with Crippen LogP contribution in [0.5, 0.6) is 5.75 Å². The second kappa shape index (κ2) is 8.33. The molecule has 118 valence electrons. The molecule has 0 unspecified atom stereocenters. The van der Waals surface area contributed by atoms with Gasteiger partial charge in [-0.3, -0.25) is 9.59 Å². The molecular weight excluding hydrogens is 294 g/mol. The summed E-state index contributed by atoms with van der Waals surface area (Å²) in [6, 6.07) is 15.8. The number of hydrazone groups is 1. The lowest BCUT2D eigenvalue weighted by molar-refractivity contribution is -0.129. The molecule has 0 aliphatic carbocycles. The lowest BCUT2D eigenvalue weighted by Crippen LogP contribution is -2.29. The molecule has 2 aromatic carbocycles. The van der Waals surface area contributed by atoms with Crippen molar-refractivity contribution in [3.63, 3.8) is 0 Å². The van der Waals surface area contributed by atoms with Gasteiger partial charge in [-0.1, -0.05) is 30.3 Å². The first-order valence-corrected chi connectivity index (χ1v) is 7.05. The van der Waals surface area contributed by atoms with Crippen LogP contribution < -0.4 is 10.7 Å². The number of hydrogen-bond donors (Lipinski definition) is 3. The quantitative estimate of drug-likeness (QED) is 0.429. The second-order valence-corrected chi connectivity index (χ2v) is 4.82. The first-order valence-electron chi connectivity index (χ1n) is 7.05. The number of amides is 2. The Kier molecular flexibility index (Phi) is 5.88. The van der Waals surface area contributed by atoms with E-state index < -0.39 is 5.91 Å². The Labute approximate surface area is 133 Å². The number of rotatable bonds is 6. The van der Waals surface area contributed by atoms with Crippen molar-refractivity contribution < 1.29 is 14.7 Å². The van der Waals surface area contributed by atoms with Crippen LogP contribution in [0.15, 0.2) is 59.7 Å². The summed E-state index contributed by atoms with van der Waals surface area (Å²) in [4.78, 5) is 23.2. The molecule has 0 heterocycles. The molecule has 0 aliphatic rings. The summed E-state index contributed by atoms with van der Waals surface area (Å²) < 4.78 is 0. The molecule has 0 bridgehead atoms. The molecule has 0 fully saturated rings. The Hall–Kier alpha value is -3.15. The third-order valence-corrected chi connectivity index (χ3v) is 2.95. The Morgan fingerprint density at radius 2 is 1.70 bits per heavy atom. The zero-order valence-electron chi connectivity index (χ0n) is 12.4. The van der Waals surface area contributed by atoms with E-state index in [-0.39, 0.29) is 18.1 Å². The monoisotopic (exact) mass is 311 g/mol. The molecule has 0 spiro atoms. The summed E-state index contributed by atoms with van der Waals surface area (Å²) in [6.45, 7) is 0.379. The van der Waals surface area contributed by atoms with Gasteiger partial charge in [0.25, 0.3) is 0 Å². The summed E-state index contributed by atoms with van der Waals surface area (Å²) in [5, 5.41) is 15.6. The molecule has 0 saturated carbocycles. The van der Waals surface area contributed by atoms with Crippen molar-refractivity contribution >= 4 is 18.0 Å². The highest BCUT2D eigenvalue weighted by molar-refractivity contribution is 5.97. The number of carbonyl (C=O) groups is 2. The van der Waals surface area contributed by atoms with Crippen LogP contribution in [-0.2, 0) is 16.1 Å². The van der Waals surface area contributed by atoms with E-state index in [0.29, 0.717) is 6.54 Å². The highest BCUT2D eigenvalue weighted by Crippen LogP contribution is 2.07. The van der Waals surface area contributed by atoms with Crippen LogP contribution in [0.25, 0.3) is 0 Å². The largest absolute Gasteiger partial charge is 0.508 e. The van der Waals surface area contributed by atoms with Crippen LogP contribution in [0.2, 0.25) is 0 Å². The smallest absolute Gasteiger partial charge is 0.249 e. The van der Waals surface area contributed by atoms with Gasteiger partial charge in [0.1, 0.15) is 12.2 Å². The molecule has 0 atom stereocenters. The van der Waals surface area contributed by atoms with Gasteiger partial charge in [0.15, 0.2) is 0 Å². The van der Waals surface area contributed by atoms with E-state index >= 15 is 0 Å². The topological polar surface area (TPSA) is 90.8 Å². The van der Waals surface area contributed by atoms with Crippen molar-refractivity contribution in [1.29, 1.82) is 0 Å². The molecule has 2 rings (SSSR count). The summed E-state index contributed by atoms with van der Waals surface area (Å²) in [5.74, 6) is -0.710. The second-order valence-electron chi connectivity index (χ2n) is 4.82. The van der Waals surface area contributed by atoms with Gasteiger partial charge in [0.05, 0.1) is 6.21 Å². The number of phenols is 1. The third kappa shape index (κ3) is 6.01. The average molecular weight is 311 g/mol. The molecule has 0 aromatic heterocycles. The molecule has 6 heteroatoms. The number of aromatic hydroxyl groups is 1. The van der Waals surface area contributed by atoms with Crippen molar-refractivity contribution in [2.45, 2.75) is 13.0 Å². The van der Waals surface area contributed by atoms with Crippen molar-refractivity contribution in [2.75, 3.05) is 0 Å². The van der Waals surface area contributed by atoms with Gasteiger partial charge in [-0.05, 0) is 35.4 Å². The maximum absolute atomic E-state index is 11.6. The van der Waals surface area contributed by atoms with Crippen LogP contribution >= 0.6 is 0 Å². The van der Waals surface area contributed by atoms with Crippen LogP contribution in [0.3, 0.4) is 0 Å². The van der Waals surface area contributed by atoms with Gasteiger partial charge in [-0.15, -0.1) is 0 Å². The molecule has 0 radical (unpaired) electrons. The average Bonchev–Trinajstić information content (AvgIpc) is 2.56. The number of nitrogens with one attached hydrogen (secondary N) is 2. The number of phenolic OH excluding ortho intramolecular Hbond substituents is 1. The molecular formula is C17H17N3O3. The van der Waals surface area contributed by atoms with Crippen molar-refractivity contribution in [1.82, 2.24) is 10.7 Å². The summed E-state index contributed by atoms with van der Waals surface area (Å²) >= 11 is 0. The number of carbonyl (C=O) groups excluding carboxylic acids is 2. The SMILES string of the molecule is O=C(CC(=O)N/N=C/c1ccc(O)cc1)NCc1ccccc1. The van der Waals surface area contributed by atoms with E-state index in [1.807, 2.05) is 30.3 Å². The molecule has 6 nitrogen and oxygen atoms in total. The minimum Gasteiger partial charge on any atom is -0.508 e. The van der Waals surface area contributed by atoms with Gasteiger partial charge >= 0.3 is 0 Å². The predicted molar refractivity (Wildman–Crippen MR) is 86.7 cm³/mol. The molecule has 0 aliphatic heterocycles. The Morgan fingerprint density at radius 3 is 2.39 bits per heavy atom. The highest BCUT2D eigenvalue weighted by atomic mass is 16.3. The fourth-order valence-electron chi connectivity index (χ4n) is 1.78. The van der Waals surface area contributed by atoms with Gasteiger partial charge in [0, 0.05) is 6.54 Å². The van der Waals surface area contributed by atoms with Gasteiger partial charge < -0.3 is 10.4 Å². The lowest BCUT2D eigenvalue weighted by Gasteiger charge is -2.04. The molecule has 3 N–H and O–H groups in total. The third-order valence-electron chi connectivity index (χ3n) is 2.95. The first kappa shape index (κ1) is 16.2. The van der Waals surface area contributed by atoms with Crippen molar-refractivity contribution in [2.24, 2.45) is 5.10 Å². The number of benzene rings is 2. The van der Waals surface area contributed by atoms with Gasteiger partial charge in [-0.2, -0.15) is 5.10 Å². The molecule has 23 heavy (non-hydrogen) atoms. The highest BCUT2D eigenvalue weighted by Gasteiger charge is 2.07. The lowest BCUT2D eigenvalue weighted by atomic mass is 10.2. The summed E-state index contributed by atoms with van der Waals surface area (Å²) in [6.07, 6.45) is 1.14.